The van der Waals surface area contributed by atoms with Crippen LogP contribution >= 0.6 is 0 Å². The number of hydrogen-bond acceptors (Lipinski definition) is 2. The molecule has 0 fully saturated rings. The summed E-state index contributed by atoms with van der Waals surface area (Å²) >= 11 is 0. The predicted molar refractivity (Wildman–Crippen MR) is 101 cm³/mol. The number of benzene rings is 3. The maximum absolute atomic E-state index is 7.70. The molecular formula is C22H17NO. The Kier molecular flexibility index (Phi) is 3.72. The zero-order valence-corrected chi connectivity index (χ0v) is 13.2. The van der Waals surface area contributed by atoms with Crippen molar-refractivity contribution in [3.05, 3.63) is 90.0 Å². The van der Waals surface area contributed by atoms with Gasteiger partial charge in [0.15, 0.2) is 0 Å². The maximum atomic E-state index is 7.70. The first kappa shape index (κ1) is 14.5. The molecule has 0 saturated heterocycles. The molecule has 1 aromatic heterocycles. The fourth-order valence-corrected chi connectivity index (χ4v) is 3.08. The van der Waals surface area contributed by atoms with E-state index >= 15 is 0 Å². The van der Waals surface area contributed by atoms with E-state index in [1.54, 1.807) is 0 Å². The summed E-state index contributed by atoms with van der Waals surface area (Å²) in [7, 11) is 0. The monoisotopic (exact) mass is 311 g/mol. The van der Waals surface area contributed by atoms with Crippen molar-refractivity contribution in [3.8, 4) is 0 Å². The standard InChI is InChI=1S/C22H17NO/c23-15-18(16-7-2-1-3-8-16)14-13-17-9-6-11-20-19-10-4-5-12-21(19)24-22(17)20/h1-12,14-15,23H,13H2/b18-14+,23-15?. The van der Waals surface area contributed by atoms with Crippen LogP contribution in [0.5, 0.6) is 0 Å². The first-order valence-corrected chi connectivity index (χ1v) is 8.02. The second-order valence-electron chi connectivity index (χ2n) is 5.77. The quantitative estimate of drug-likeness (QED) is 0.471. The van der Waals surface area contributed by atoms with Crippen molar-refractivity contribution < 1.29 is 4.42 Å². The summed E-state index contributed by atoms with van der Waals surface area (Å²) in [5.41, 5.74) is 4.97. The molecule has 0 radical (unpaired) electrons. The van der Waals surface area contributed by atoms with E-state index in [0.717, 1.165) is 45.1 Å². The first-order chi connectivity index (χ1) is 11.9. The van der Waals surface area contributed by atoms with E-state index in [9.17, 15) is 0 Å². The van der Waals surface area contributed by atoms with Gasteiger partial charge in [0.25, 0.3) is 0 Å². The molecule has 0 aliphatic carbocycles. The Hall–Kier alpha value is -3.13. The van der Waals surface area contributed by atoms with Crippen molar-refractivity contribution in [2.24, 2.45) is 0 Å². The van der Waals surface area contributed by atoms with Gasteiger partial charge in [-0.2, -0.15) is 0 Å². The van der Waals surface area contributed by atoms with Gasteiger partial charge >= 0.3 is 0 Å². The number of fused-ring (bicyclic) bond motifs is 3. The number of hydrogen-bond donors (Lipinski definition) is 1. The largest absolute Gasteiger partial charge is 0.456 e. The van der Waals surface area contributed by atoms with Crippen LogP contribution in [0.2, 0.25) is 0 Å². The Balaban J connectivity index is 1.77. The van der Waals surface area contributed by atoms with Crippen LogP contribution in [0.15, 0.2) is 83.3 Å². The third-order valence-electron chi connectivity index (χ3n) is 4.29. The molecule has 0 aliphatic heterocycles. The van der Waals surface area contributed by atoms with Crippen LogP contribution in [-0.2, 0) is 6.42 Å². The smallest absolute Gasteiger partial charge is 0.138 e. The van der Waals surface area contributed by atoms with E-state index in [1.165, 1.54) is 6.21 Å². The molecule has 0 atom stereocenters. The molecule has 4 rings (SSSR count). The Morgan fingerprint density at radius 2 is 1.58 bits per heavy atom. The molecule has 116 valence electrons. The molecule has 0 aliphatic rings. The summed E-state index contributed by atoms with van der Waals surface area (Å²) < 4.78 is 6.07. The highest BCUT2D eigenvalue weighted by Gasteiger charge is 2.09. The van der Waals surface area contributed by atoms with Crippen molar-refractivity contribution in [1.29, 1.82) is 5.41 Å². The molecule has 0 unspecified atom stereocenters. The fraction of sp³-hybridized carbons (Fsp3) is 0.0455. The van der Waals surface area contributed by atoms with E-state index < -0.39 is 0 Å². The maximum Gasteiger partial charge on any atom is 0.138 e. The number of allylic oxidation sites excluding steroid dienone is 2. The summed E-state index contributed by atoms with van der Waals surface area (Å²) in [6, 6.07) is 24.4. The van der Waals surface area contributed by atoms with Gasteiger partial charge in [0, 0.05) is 17.0 Å². The second kappa shape index (κ2) is 6.17. The third-order valence-corrected chi connectivity index (χ3v) is 4.29. The van der Waals surface area contributed by atoms with Gasteiger partial charge < -0.3 is 9.83 Å². The summed E-state index contributed by atoms with van der Waals surface area (Å²) in [4.78, 5) is 0. The summed E-state index contributed by atoms with van der Waals surface area (Å²) in [6.45, 7) is 0. The van der Waals surface area contributed by atoms with E-state index in [1.807, 2.05) is 48.5 Å². The molecular weight excluding hydrogens is 294 g/mol. The van der Waals surface area contributed by atoms with Crippen LogP contribution in [0.1, 0.15) is 11.1 Å². The number of furan rings is 1. The lowest BCUT2D eigenvalue weighted by atomic mass is 10.0. The Labute approximate surface area is 140 Å². The van der Waals surface area contributed by atoms with E-state index in [4.69, 9.17) is 9.83 Å². The zero-order valence-electron chi connectivity index (χ0n) is 13.2. The average molecular weight is 311 g/mol. The fourth-order valence-electron chi connectivity index (χ4n) is 3.08. The number of rotatable bonds is 4. The van der Waals surface area contributed by atoms with Crippen LogP contribution in [0.25, 0.3) is 27.5 Å². The first-order valence-electron chi connectivity index (χ1n) is 8.02. The van der Waals surface area contributed by atoms with Gasteiger partial charge in [-0.05, 0) is 29.2 Å². The van der Waals surface area contributed by atoms with E-state index in [-0.39, 0.29) is 0 Å². The van der Waals surface area contributed by atoms with Gasteiger partial charge in [-0.3, -0.25) is 0 Å². The third kappa shape index (κ3) is 2.52. The van der Waals surface area contributed by atoms with Gasteiger partial charge in [0.1, 0.15) is 11.2 Å². The van der Waals surface area contributed by atoms with Gasteiger partial charge in [-0.25, -0.2) is 0 Å². The van der Waals surface area contributed by atoms with Crippen molar-refractivity contribution in [1.82, 2.24) is 0 Å². The molecule has 0 spiro atoms. The summed E-state index contributed by atoms with van der Waals surface area (Å²) in [6.07, 6.45) is 4.23. The molecule has 2 nitrogen and oxygen atoms in total. The molecule has 0 bridgehead atoms. The van der Waals surface area contributed by atoms with Crippen LogP contribution in [-0.4, -0.2) is 6.21 Å². The minimum atomic E-state index is 0.733. The lowest BCUT2D eigenvalue weighted by molar-refractivity contribution is 0.664. The highest BCUT2D eigenvalue weighted by molar-refractivity contribution is 6.09. The number of para-hydroxylation sites is 2. The topological polar surface area (TPSA) is 37.0 Å². The average Bonchev–Trinajstić information content (AvgIpc) is 3.03. The Bertz CT molecular complexity index is 1040. The Morgan fingerprint density at radius 3 is 2.42 bits per heavy atom. The zero-order chi connectivity index (χ0) is 16.4. The van der Waals surface area contributed by atoms with Gasteiger partial charge in [-0.15, -0.1) is 0 Å². The highest BCUT2D eigenvalue weighted by Crippen LogP contribution is 2.31. The normalized spacial score (nSPS) is 11.9. The SMILES string of the molecule is N=C/C(=C\Cc1cccc2c1oc1ccccc12)c1ccccc1. The van der Waals surface area contributed by atoms with Gasteiger partial charge in [0.05, 0.1) is 0 Å². The van der Waals surface area contributed by atoms with Crippen LogP contribution < -0.4 is 0 Å². The van der Waals surface area contributed by atoms with Crippen LogP contribution in [0.4, 0.5) is 0 Å². The summed E-state index contributed by atoms with van der Waals surface area (Å²) in [5.74, 6) is 0. The molecule has 1 N–H and O–H groups in total. The minimum absolute atomic E-state index is 0.733. The number of nitrogens with one attached hydrogen (secondary N) is 1. The van der Waals surface area contributed by atoms with Crippen LogP contribution in [0, 0.1) is 5.41 Å². The highest BCUT2D eigenvalue weighted by atomic mass is 16.3. The van der Waals surface area contributed by atoms with Crippen molar-refractivity contribution in [2.75, 3.05) is 0 Å². The molecule has 4 aromatic rings. The van der Waals surface area contributed by atoms with Crippen molar-refractivity contribution in [3.63, 3.8) is 0 Å². The predicted octanol–water partition coefficient (Wildman–Crippen LogP) is 5.86. The lowest BCUT2D eigenvalue weighted by Gasteiger charge is -2.03. The van der Waals surface area contributed by atoms with E-state index in [2.05, 4.69) is 30.3 Å². The van der Waals surface area contributed by atoms with Crippen LogP contribution in [0.3, 0.4) is 0 Å². The summed E-state index contributed by atoms with van der Waals surface area (Å²) in [5, 5.41) is 9.99. The van der Waals surface area contributed by atoms with Gasteiger partial charge in [0.2, 0.25) is 0 Å². The van der Waals surface area contributed by atoms with Crippen molar-refractivity contribution >= 4 is 33.7 Å². The Morgan fingerprint density at radius 1 is 0.833 bits per heavy atom. The van der Waals surface area contributed by atoms with Crippen molar-refractivity contribution in [2.45, 2.75) is 6.42 Å². The van der Waals surface area contributed by atoms with E-state index in [0.29, 0.717) is 0 Å². The molecule has 0 amide bonds. The molecule has 0 saturated carbocycles. The minimum Gasteiger partial charge on any atom is -0.456 e. The molecule has 3 aromatic carbocycles. The molecule has 24 heavy (non-hydrogen) atoms. The molecule has 1 heterocycles. The molecule has 2 heteroatoms. The lowest BCUT2D eigenvalue weighted by Crippen LogP contribution is -1.88. The van der Waals surface area contributed by atoms with Gasteiger partial charge in [-0.1, -0.05) is 72.8 Å². The second-order valence-corrected chi connectivity index (χ2v) is 5.77.